The summed E-state index contributed by atoms with van der Waals surface area (Å²) >= 11 is 11.8. The van der Waals surface area contributed by atoms with Crippen LogP contribution in [-0.2, 0) is 6.54 Å². The molecule has 0 aliphatic carbocycles. The summed E-state index contributed by atoms with van der Waals surface area (Å²) in [6.45, 7) is 0.266. The number of aromatic hydroxyl groups is 1. The molecule has 0 heterocycles. The van der Waals surface area contributed by atoms with Crippen LogP contribution in [0.25, 0.3) is 0 Å². The Labute approximate surface area is 137 Å². The first-order valence-electron chi connectivity index (χ1n) is 6.24. The lowest BCUT2D eigenvalue weighted by atomic mass is 10.1. The first-order chi connectivity index (χ1) is 10.4. The third-order valence-corrected chi connectivity index (χ3v) is 3.53. The van der Waals surface area contributed by atoms with Crippen LogP contribution in [-0.4, -0.2) is 23.3 Å². The largest absolute Gasteiger partial charge is 0.506 e. The molecule has 3 N–H and O–H groups in total. The molecule has 2 aromatic carbocycles. The van der Waals surface area contributed by atoms with Crippen LogP contribution in [0.1, 0.15) is 15.9 Å². The second-order valence-electron chi connectivity index (χ2n) is 4.47. The van der Waals surface area contributed by atoms with Crippen molar-refractivity contribution in [1.82, 2.24) is 0 Å². The van der Waals surface area contributed by atoms with Crippen LogP contribution in [0.2, 0.25) is 10.0 Å². The number of benzene rings is 2. The molecule has 0 bridgehead atoms. The highest BCUT2D eigenvalue weighted by atomic mass is 35.5. The van der Waals surface area contributed by atoms with E-state index in [0.717, 1.165) is 0 Å². The first kappa shape index (κ1) is 16.3. The van der Waals surface area contributed by atoms with Crippen LogP contribution in [0, 0.1) is 0 Å². The standard InChI is InChI=1S/C15H13Cl2NO4/c1-22-13-6-10(2-3-11(13)15(20)21)18-7-8-4-9(16)5-12(17)14(8)19/h2-6,18-19H,7H2,1H3,(H,20,21). The van der Waals surface area contributed by atoms with Crippen LogP contribution in [0.3, 0.4) is 0 Å². The smallest absolute Gasteiger partial charge is 0.339 e. The molecule has 0 aliphatic heterocycles. The molecule has 0 unspecified atom stereocenters. The summed E-state index contributed by atoms with van der Waals surface area (Å²) in [4.78, 5) is 11.0. The number of nitrogens with one attached hydrogen (secondary N) is 1. The van der Waals surface area contributed by atoms with Crippen molar-refractivity contribution in [3.63, 3.8) is 0 Å². The molecule has 0 aromatic heterocycles. The van der Waals surface area contributed by atoms with Crippen LogP contribution in [0.5, 0.6) is 11.5 Å². The Kier molecular flexibility index (Phi) is 5.00. The van der Waals surface area contributed by atoms with Gasteiger partial charge in [0.2, 0.25) is 0 Å². The quantitative estimate of drug-likeness (QED) is 0.765. The lowest BCUT2D eigenvalue weighted by Gasteiger charge is -2.12. The second-order valence-corrected chi connectivity index (χ2v) is 5.31. The number of anilines is 1. The summed E-state index contributed by atoms with van der Waals surface area (Å²) in [6, 6.07) is 7.65. The fourth-order valence-corrected chi connectivity index (χ4v) is 2.46. The van der Waals surface area contributed by atoms with Crippen molar-refractivity contribution in [2.75, 3.05) is 12.4 Å². The topological polar surface area (TPSA) is 78.8 Å². The summed E-state index contributed by atoms with van der Waals surface area (Å²) < 4.78 is 5.05. The number of halogens is 2. The van der Waals surface area contributed by atoms with Crippen LogP contribution < -0.4 is 10.1 Å². The van der Waals surface area contributed by atoms with E-state index in [1.807, 2.05) is 0 Å². The van der Waals surface area contributed by atoms with Crippen molar-refractivity contribution >= 4 is 34.9 Å². The van der Waals surface area contributed by atoms with Crippen molar-refractivity contribution < 1.29 is 19.7 Å². The average Bonchev–Trinajstić information content (AvgIpc) is 2.48. The molecule has 116 valence electrons. The van der Waals surface area contributed by atoms with E-state index in [2.05, 4.69) is 5.32 Å². The van der Waals surface area contributed by atoms with Crippen LogP contribution in [0.4, 0.5) is 5.69 Å². The van der Waals surface area contributed by atoms with Crippen LogP contribution >= 0.6 is 23.2 Å². The summed E-state index contributed by atoms with van der Waals surface area (Å²) in [6.07, 6.45) is 0. The van der Waals surface area contributed by atoms with Gasteiger partial charge >= 0.3 is 5.97 Å². The van der Waals surface area contributed by atoms with Gasteiger partial charge in [0.25, 0.3) is 0 Å². The Morgan fingerprint density at radius 1 is 1.27 bits per heavy atom. The van der Waals surface area contributed by atoms with Gasteiger partial charge in [-0.15, -0.1) is 0 Å². The van der Waals surface area contributed by atoms with Gasteiger partial charge in [-0.05, 0) is 24.3 Å². The molecule has 5 nitrogen and oxygen atoms in total. The normalized spacial score (nSPS) is 10.3. The number of methoxy groups -OCH3 is 1. The fourth-order valence-electron chi connectivity index (χ4n) is 1.93. The van der Waals surface area contributed by atoms with E-state index in [-0.39, 0.29) is 28.6 Å². The van der Waals surface area contributed by atoms with Crippen molar-refractivity contribution in [2.24, 2.45) is 0 Å². The molecule has 0 atom stereocenters. The molecule has 0 saturated carbocycles. The maximum atomic E-state index is 11.0. The summed E-state index contributed by atoms with van der Waals surface area (Å²) in [7, 11) is 1.40. The van der Waals surface area contributed by atoms with Gasteiger partial charge < -0.3 is 20.3 Å². The maximum Gasteiger partial charge on any atom is 0.339 e. The molecule has 22 heavy (non-hydrogen) atoms. The lowest BCUT2D eigenvalue weighted by Crippen LogP contribution is -2.04. The predicted molar refractivity (Wildman–Crippen MR) is 85.4 cm³/mol. The van der Waals surface area contributed by atoms with Gasteiger partial charge in [-0.25, -0.2) is 4.79 Å². The number of hydrogen-bond acceptors (Lipinski definition) is 4. The van der Waals surface area contributed by atoms with Crippen molar-refractivity contribution in [1.29, 1.82) is 0 Å². The van der Waals surface area contributed by atoms with Gasteiger partial charge in [-0.3, -0.25) is 0 Å². The van der Waals surface area contributed by atoms with Gasteiger partial charge in [-0.1, -0.05) is 23.2 Å². The Morgan fingerprint density at radius 2 is 2.00 bits per heavy atom. The molecular formula is C15H13Cl2NO4. The molecule has 0 spiro atoms. The third kappa shape index (κ3) is 3.55. The number of aromatic carboxylic acids is 1. The molecule has 0 amide bonds. The number of carbonyl (C=O) groups is 1. The van der Waals surface area contributed by atoms with E-state index < -0.39 is 5.97 Å². The molecular weight excluding hydrogens is 329 g/mol. The maximum absolute atomic E-state index is 11.0. The first-order valence-corrected chi connectivity index (χ1v) is 7.00. The SMILES string of the molecule is COc1cc(NCc2cc(Cl)cc(Cl)c2O)ccc1C(=O)O. The second kappa shape index (κ2) is 6.77. The third-order valence-electron chi connectivity index (χ3n) is 3.02. The van der Waals surface area contributed by atoms with Gasteiger partial charge in [0.15, 0.2) is 0 Å². The number of carboxylic acids is 1. The average molecular weight is 342 g/mol. The molecule has 0 radical (unpaired) electrons. The van der Waals surface area contributed by atoms with Crippen LogP contribution in [0.15, 0.2) is 30.3 Å². The van der Waals surface area contributed by atoms with Crippen molar-refractivity contribution in [3.05, 3.63) is 51.5 Å². The highest BCUT2D eigenvalue weighted by Crippen LogP contribution is 2.32. The van der Waals surface area contributed by atoms with Gasteiger partial charge in [0.1, 0.15) is 17.1 Å². The minimum absolute atomic E-state index is 0.0484. The molecule has 0 saturated heterocycles. The molecule has 2 rings (SSSR count). The summed E-state index contributed by atoms with van der Waals surface area (Å²) in [5.41, 5.74) is 1.23. The predicted octanol–water partition coefficient (Wildman–Crippen LogP) is 4.02. The molecule has 2 aromatic rings. The zero-order valence-corrected chi connectivity index (χ0v) is 13.1. The number of phenols is 1. The highest BCUT2D eigenvalue weighted by Gasteiger charge is 2.12. The van der Waals surface area contributed by atoms with Gasteiger partial charge in [-0.2, -0.15) is 0 Å². The van der Waals surface area contributed by atoms with Gasteiger partial charge in [0.05, 0.1) is 12.1 Å². The Morgan fingerprint density at radius 3 is 2.64 bits per heavy atom. The van der Waals surface area contributed by atoms with E-state index in [1.165, 1.54) is 19.2 Å². The van der Waals surface area contributed by atoms with Crippen molar-refractivity contribution in [2.45, 2.75) is 6.54 Å². The highest BCUT2D eigenvalue weighted by molar-refractivity contribution is 6.35. The number of phenolic OH excluding ortho intramolecular Hbond substituents is 1. The lowest BCUT2D eigenvalue weighted by molar-refractivity contribution is 0.0693. The Bertz CT molecular complexity index is 719. The van der Waals surface area contributed by atoms with E-state index in [4.69, 9.17) is 33.0 Å². The summed E-state index contributed by atoms with van der Waals surface area (Å²) in [5.74, 6) is -0.874. The van der Waals surface area contributed by atoms with E-state index in [9.17, 15) is 9.90 Å². The fraction of sp³-hybridized carbons (Fsp3) is 0.133. The van der Waals surface area contributed by atoms with E-state index in [0.29, 0.717) is 16.3 Å². The van der Waals surface area contributed by atoms with E-state index in [1.54, 1.807) is 18.2 Å². The number of rotatable bonds is 5. The Balaban J connectivity index is 2.20. The molecule has 0 fully saturated rings. The number of carboxylic acid groups (broad SMARTS) is 1. The monoisotopic (exact) mass is 341 g/mol. The Hall–Kier alpha value is -2.11. The minimum atomic E-state index is -1.07. The zero-order chi connectivity index (χ0) is 16.3. The number of hydrogen-bond donors (Lipinski definition) is 3. The van der Waals surface area contributed by atoms with Gasteiger partial charge in [0, 0.05) is 28.9 Å². The summed E-state index contributed by atoms with van der Waals surface area (Å²) in [5, 5.41) is 22.5. The zero-order valence-electron chi connectivity index (χ0n) is 11.6. The minimum Gasteiger partial charge on any atom is -0.506 e. The van der Waals surface area contributed by atoms with E-state index >= 15 is 0 Å². The molecule has 0 aliphatic rings. The molecule has 7 heteroatoms. The van der Waals surface area contributed by atoms with Crippen molar-refractivity contribution in [3.8, 4) is 11.5 Å². The number of ether oxygens (including phenoxy) is 1.